The van der Waals surface area contributed by atoms with Crippen LogP contribution in [0.4, 0.5) is 8.78 Å². The molecule has 21 heavy (non-hydrogen) atoms. The van der Waals surface area contributed by atoms with Gasteiger partial charge in [-0.15, -0.1) is 0 Å². The SMILES string of the molecule is O=Cc1ccc(F)cc1-c1nc(Cl)c2c(F)cccc2n1. The Morgan fingerprint density at radius 2 is 1.90 bits per heavy atom. The molecule has 3 nitrogen and oxygen atoms in total. The molecular weight excluding hydrogens is 298 g/mol. The highest BCUT2D eigenvalue weighted by Gasteiger charge is 2.14. The molecule has 0 unspecified atom stereocenters. The van der Waals surface area contributed by atoms with Gasteiger partial charge in [-0.3, -0.25) is 4.79 Å². The first-order valence-corrected chi connectivity index (χ1v) is 6.35. The second-order valence-electron chi connectivity index (χ2n) is 4.32. The van der Waals surface area contributed by atoms with E-state index in [4.69, 9.17) is 11.6 Å². The maximum Gasteiger partial charge on any atom is 0.162 e. The molecule has 0 bridgehead atoms. The van der Waals surface area contributed by atoms with Crippen molar-refractivity contribution in [2.45, 2.75) is 0 Å². The van der Waals surface area contributed by atoms with Gasteiger partial charge >= 0.3 is 0 Å². The molecule has 2 aromatic carbocycles. The van der Waals surface area contributed by atoms with Gasteiger partial charge in [0.25, 0.3) is 0 Å². The summed E-state index contributed by atoms with van der Waals surface area (Å²) in [6.45, 7) is 0. The van der Waals surface area contributed by atoms with Crippen LogP contribution in [-0.2, 0) is 0 Å². The lowest BCUT2D eigenvalue weighted by atomic mass is 10.1. The van der Waals surface area contributed by atoms with Crippen LogP contribution in [0.15, 0.2) is 36.4 Å². The van der Waals surface area contributed by atoms with Crippen LogP contribution in [0.2, 0.25) is 5.15 Å². The molecule has 104 valence electrons. The summed E-state index contributed by atoms with van der Waals surface area (Å²) in [7, 11) is 0. The van der Waals surface area contributed by atoms with E-state index in [2.05, 4.69) is 9.97 Å². The molecule has 3 rings (SSSR count). The van der Waals surface area contributed by atoms with E-state index in [0.717, 1.165) is 12.1 Å². The quantitative estimate of drug-likeness (QED) is 0.530. The average molecular weight is 305 g/mol. The summed E-state index contributed by atoms with van der Waals surface area (Å²) in [6, 6.07) is 7.92. The number of carbonyl (C=O) groups excluding carboxylic acids is 1. The summed E-state index contributed by atoms with van der Waals surface area (Å²) in [5.74, 6) is -1.01. The van der Waals surface area contributed by atoms with E-state index < -0.39 is 11.6 Å². The number of hydrogen-bond acceptors (Lipinski definition) is 3. The van der Waals surface area contributed by atoms with Gasteiger partial charge < -0.3 is 0 Å². The standard InChI is InChI=1S/C15H7ClF2N2O/c16-14-13-11(18)2-1-3-12(13)19-15(20-14)10-6-9(17)5-4-8(10)7-21/h1-7H. The normalized spacial score (nSPS) is 10.8. The lowest BCUT2D eigenvalue weighted by molar-refractivity contribution is 0.112. The minimum absolute atomic E-state index is 0.0692. The fourth-order valence-electron chi connectivity index (χ4n) is 2.04. The summed E-state index contributed by atoms with van der Waals surface area (Å²) in [6.07, 6.45) is 0.571. The van der Waals surface area contributed by atoms with Crippen molar-refractivity contribution in [3.8, 4) is 11.4 Å². The van der Waals surface area contributed by atoms with Crippen LogP contribution in [-0.4, -0.2) is 16.3 Å². The molecule has 0 atom stereocenters. The first kappa shape index (κ1) is 13.6. The molecule has 0 saturated carbocycles. The number of halogens is 3. The third-order valence-electron chi connectivity index (χ3n) is 3.01. The number of rotatable bonds is 2. The van der Waals surface area contributed by atoms with E-state index in [0.29, 0.717) is 6.29 Å². The monoisotopic (exact) mass is 304 g/mol. The minimum atomic E-state index is -0.543. The van der Waals surface area contributed by atoms with Crippen molar-refractivity contribution in [2.75, 3.05) is 0 Å². The second kappa shape index (κ2) is 5.18. The second-order valence-corrected chi connectivity index (χ2v) is 4.68. The van der Waals surface area contributed by atoms with Gasteiger partial charge in [0, 0.05) is 11.1 Å². The summed E-state index contributed by atoms with van der Waals surface area (Å²) in [4.78, 5) is 19.2. The van der Waals surface area contributed by atoms with Crippen molar-refractivity contribution in [1.82, 2.24) is 9.97 Å². The Labute approximate surface area is 123 Å². The van der Waals surface area contributed by atoms with Gasteiger partial charge in [-0.1, -0.05) is 17.7 Å². The van der Waals surface area contributed by atoms with Crippen molar-refractivity contribution in [1.29, 1.82) is 0 Å². The van der Waals surface area contributed by atoms with Gasteiger partial charge in [0.2, 0.25) is 0 Å². The largest absolute Gasteiger partial charge is 0.298 e. The molecule has 0 aliphatic carbocycles. The van der Waals surface area contributed by atoms with Crippen LogP contribution < -0.4 is 0 Å². The van der Waals surface area contributed by atoms with Gasteiger partial charge in [0.15, 0.2) is 12.1 Å². The maximum atomic E-state index is 13.7. The average Bonchev–Trinajstić information content (AvgIpc) is 2.47. The van der Waals surface area contributed by atoms with E-state index in [1.807, 2.05) is 0 Å². The van der Waals surface area contributed by atoms with Crippen molar-refractivity contribution in [3.63, 3.8) is 0 Å². The topological polar surface area (TPSA) is 42.9 Å². The Morgan fingerprint density at radius 1 is 1.10 bits per heavy atom. The van der Waals surface area contributed by atoms with Crippen LogP contribution in [0.5, 0.6) is 0 Å². The Balaban J connectivity index is 2.32. The predicted octanol–water partition coefficient (Wildman–Crippen LogP) is 4.04. The number of aldehydes is 1. The predicted molar refractivity (Wildman–Crippen MR) is 75.3 cm³/mol. The molecule has 0 aliphatic rings. The molecule has 0 aliphatic heterocycles. The van der Waals surface area contributed by atoms with Crippen LogP contribution >= 0.6 is 11.6 Å². The van der Waals surface area contributed by atoms with E-state index in [1.165, 1.54) is 18.2 Å². The van der Waals surface area contributed by atoms with E-state index in [9.17, 15) is 13.6 Å². The molecule has 0 N–H and O–H groups in total. The molecule has 0 amide bonds. The molecule has 0 fully saturated rings. The lowest BCUT2D eigenvalue weighted by Crippen LogP contribution is -1.97. The Bertz CT molecular complexity index is 868. The van der Waals surface area contributed by atoms with E-state index in [-0.39, 0.29) is 33.0 Å². The van der Waals surface area contributed by atoms with Crippen molar-refractivity contribution >= 4 is 28.8 Å². The Kier molecular flexibility index (Phi) is 3.35. The zero-order valence-corrected chi connectivity index (χ0v) is 11.2. The number of aromatic nitrogens is 2. The van der Waals surface area contributed by atoms with E-state index >= 15 is 0 Å². The molecular formula is C15H7ClF2N2O. The third kappa shape index (κ3) is 2.36. The highest BCUT2D eigenvalue weighted by atomic mass is 35.5. The first-order chi connectivity index (χ1) is 10.1. The molecule has 0 spiro atoms. The number of hydrogen-bond donors (Lipinski definition) is 0. The smallest absolute Gasteiger partial charge is 0.162 e. The molecule has 0 radical (unpaired) electrons. The Hall–Kier alpha value is -2.40. The maximum absolute atomic E-state index is 13.7. The van der Waals surface area contributed by atoms with Crippen LogP contribution in [0.3, 0.4) is 0 Å². The fourth-order valence-corrected chi connectivity index (χ4v) is 2.31. The number of benzene rings is 2. The van der Waals surface area contributed by atoms with E-state index in [1.54, 1.807) is 6.07 Å². The number of fused-ring (bicyclic) bond motifs is 1. The van der Waals surface area contributed by atoms with Gasteiger partial charge in [-0.2, -0.15) is 0 Å². The van der Waals surface area contributed by atoms with Gasteiger partial charge in [0.1, 0.15) is 16.8 Å². The summed E-state index contributed by atoms with van der Waals surface area (Å²) >= 11 is 5.98. The molecule has 3 aromatic rings. The first-order valence-electron chi connectivity index (χ1n) is 5.97. The highest BCUT2D eigenvalue weighted by molar-refractivity contribution is 6.34. The summed E-state index contributed by atoms with van der Waals surface area (Å²) in [5, 5.41) is 0.00110. The van der Waals surface area contributed by atoms with Crippen LogP contribution in [0.25, 0.3) is 22.3 Å². The van der Waals surface area contributed by atoms with Gasteiger partial charge in [-0.25, -0.2) is 18.7 Å². The Morgan fingerprint density at radius 3 is 2.67 bits per heavy atom. The molecule has 1 heterocycles. The lowest BCUT2D eigenvalue weighted by Gasteiger charge is -2.07. The van der Waals surface area contributed by atoms with Crippen LogP contribution in [0, 0.1) is 11.6 Å². The molecule has 0 saturated heterocycles. The van der Waals surface area contributed by atoms with Crippen LogP contribution in [0.1, 0.15) is 10.4 Å². The summed E-state index contributed by atoms with van der Waals surface area (Å²) in [5.41, 5.74) is 0.715. The fraction of sp³-hybridized carbons (Fsp3) is 0. The van der Waals surface area contributed by atoms with Crippen molar-refractivity contribution < 1.29 is 13.6 Å². The third-order valence-corrected chi connectivity index (χ3v) is 3.29. The zero-order valence-electron chi connectivity index (χ0n) is 10.5. The minimum Gasteiger partial charge on any atom is -0.298 e. The molecule has 6 heteroatoms. The summed E-state index contributed by atoms with van der Waals surface area (Å²) < 4.78 is 27.1. The van der Waals surface area contributed by atoms with Gasteiger partial charge in [0.05, 0.1) is 10.9 Å². The van der Waals surface area contributed by atoms with Crippen molar-refractivity contribution in [2.24, 2.45) is 0 Å². The number of nitrogens with zero attached hydrogens (tertiary/aromatic N) is 2. The van der Waals surface area contributed by atoms with Crippen molar-refractivity contribution in [3.05, 3.63) is 58.7 Å². The zero-order chi connectivity index (χ0) is 15.0. The highest BCUT2D eigenvalue weighted by Crippen LogP contribution is 2.28. The number of carbonyl (C=O) groups is 1. The van der Waals surface area contributed by atoms with Gasteiger partial charge in [-0.05, 0) is 30.3 Å². The molecule has 1 aromatic heterocycles.